The number of benzene rings is 1. The summed E-state index contributed by atoms with van der Waals surface area (Å²) >= 11 is 0. The zero-order valence-electron chi connectivity index (χ0n) is 11.2. The molecule has 1 N–H and O–H groups in total. The van der Waals surface area contributed by atoms with Crippen molar-refractivity contribution in [1.82, 2.24) is 0 Å². The fourth-order valence-electron chi connectivity index (χ4n) is 2.99. The van der Waals surface area contributed by atoms with E-state index in [0.717, 1.165) is 12.8 Å². The third-order valence-corrected chi connectivity index (χ3v) is 4.31. The van der Waals surface area contributed by atoms with E-state index in [1.165, 1.54) is 0 Å². The summed E-state index contributed by atoms with van der Waals surface area (Å²) in [5, 5.41) is 19.7. The summed E-state index contributed by atoms with van der Waals surface area (Å²) in [6.07, 6.45) is 1.07. The van der Waals surface area contributed by atoms with Crippen LogP contribution >= 0.6 is 0 Å². The number of aliphatic hydroxyl groups excluding tert-OH is 1. The molecule has 0 saturated heterocycles. The van der Waals surface area contributed by atoms with E-state index < -0.39 is 29.0 Å². The van der Waals surface area contributed by atoms with Gasteiger partial charge in [-0.25, -0.2) is 13.2 Å². The Morgan fingerprint density at radius 3 is 2.55 bits per heavy atom. The maximum Gasteiger partial charge on any atom is 0.161 e. The molecule has 20 heavy (non-hydrogen) atoms. The average Bonchev–Trinajstić information content (AvgIpc) is 2.87. The third kappa shape index (κ3) is 2.40. The largest absolute Gasteiger partial charge is 0.387 e. The second kappa shape index (κ2) is 5.45. The van der Waals surface area contributed by atoms with Gasteiger partial charge in [-0.1, -0.05) is 13.3 Å². The highest BCUT2D eigenvalue weighted by atomic mass is 19.2. The third-order valence-electron chi connectivity index (χ3n) is 4.31. The molecule has 0 aliphatic heterocycles. The molecular formula is C15H16F3NO. The maximum absolute atomic E-state index is 13.7. The van der Waals surface area contributed by atoms with E-state index >= 15 is 0 Å². The van der Waals surface area contributed by atoms with E-state index in [1.54, 1.807) is 0 Å². The summed E-state index contributed by atoms with van der Waals surface area (Å²) < 4.78 is 39.9. The van der Waals surface area contributed by atoms with Gasteiger partial charge in [-0.2, -0.15) is 5.26 Å². The molecule has 108 valence electrons. The molecule has 1 aliphatic carbocycles. The molecule has 3 atom stereocenters. The van der Waals surface area contributed by atoms with Crippen molar-refractivity contribution in [3.05, 3.63) is 35.1 Å². The monoisotopic (exact) mass is 283 g/mol. The van der Waals surface area contributed by atoms with Crippen molar-refractivity contribution < 1.29 is 18.3 Å². The van der Waals surface area contributed by atoms with Crippen molar-refractivity contribution in [2.24, 2.45) is 11.3 Å². The molecule has 1 aromatic rings. The Kier molecular flexibility index (Phi) is 4.05. The molecule has 5 heteroatoms. The summed E-state index contributed by atoms with van der Waals surface area (Å²) in [4.78, 5) is 0. The van der Waals surface area contributed by atoms with Crippen molar-refractivity contribution in [3.63, 3.8) is 0 Å². The second-order valence-electron chi connectivity index (χ2n) is 5.48. The Morgan fingerprint density at radius 2 is 2.00 bits per heavy atom. The zero-order chi connectivity index (χ0) is 14.9. The lowest BCUT2D eigenvalue weighted by Crippen LogP contribution is -2.25. The number of halogens is 3. The van der Waals surface area contributed by atoms with E-state index in [0.29, 0.717) is 25.0 Å². The molecule has 0 aromatic heterocycles. The number of nitriles is 1. The molecule has 2 nitrogen and oxygen atoms in total. The molecule has 0 bridgehead atoms. The molecule has 0 spiro atoms. The van der Waals surface area contributed by atoms with Crippen LogP contribution in [-0.2, 0) is 0 Å². The summed E-state index contributed by atoms with van der Waals surface area (Å²) in [5.74, 6) is -3.26. The fraction of sp³-hybridized carbons (Fsp3) is 0.533. The fourth-order valence-corrected chi connectivity index (χ4v) is 2.99. The standard InChI is InChI=1S/C15H16F3NO/c1-2-9-3-4-15(7-9,8-19)14(20)10-5-12(17)13(18)6-11(10)16/h5-6,9,14,20H,2-4,7H2,1H3. The zero-order valence-corrected chi connectivity index (χ0v) is 11.2. The van der Waals surface area contributed by atoms with Crippen molar-refractivity contribution in [3.8, 4) is 6.07 Å². The van der Waals surface area contributed by atoms with E-state index in [-0.39, 0.29) is 11.5 Å². The number of aliphatic hydroxyl groups is 1. The van der Waals surface area contributed by atoms with Gasteiger partial charge in [-0.05, 0) is 31.2 Å². The first-order valence-electron chi connectivity index (χ1n) is 6.67. The van der Waals surface area contributed by atoms with Crippen LogP contribution in [0.15, 0.2) is 12.1 Å². The molecule has 0 radical (unpaired) electrons. The van der Waals surface area contributed by atoms with Crippen LogP contribution < -0.4 is 0 Å². The predicted molar refractivity (Wildman–Crippen MR) is 67.0 cm³/mol. The lowest BCUT2D eigenvalue weighted by atomic mass is 9.77. The van der Waals surface area contributed by atoms with Gasteiger partial charge < -0.3 is 5.11 Å². The summed E-state index contributed by atoms with van der Waals surface area (Å²) in [7, 11) is 0. The molecule has 1 aliphatic rings. The van der Waals surface area contributed by atoms with Gasteiger partial charge in [-0.15, -0.1) is 0 Å². The van der Waals surface area contributed by atoms with Crippen LogP contribution in [0.3, 0.4) is 0 Å². The summed E-state index contributed by atoms with van der Waals surface area (Å²) in [5.41, 5.74) is -1.46. The highest BCUT2D eigenvalue weighted by molar-refractivity contribution is 5.27. The van der Waals surface area contributed by atoms with Crippen molar-refractivity contribution in [2.45, 2.75) is 38.7 Å². The van der Waals surface area contributed by atoms with E-state index in [1.807, 2.05) is 6.92 Å². The second-order valence-corrected chi connectivity index (χ2v) is 5.48. The Balaban J connectivity index is 2.38. The highest BCUT2D eigenvalue weighted by Gasteiger charge is 2.46. The molecule has 0 heterocycles. The number of hydrogen-bond donors (Lipinski definition) is 1. The van der Waals surface area contributed by atoms with Crippen LogP contribution in [-0.4, -0.2) is 5.11 Å². The Bertz CT molecular complexity index is 555. The summed E-state index contributed by atoms with van der Waals surface area (Å²) in [6.45, 7) is 1.99. The Labute approximate surface area is 115 Å². The van der Waals surface area contributed by atoms with E-state index in [4.69, 9.17) is 0 Å². The molecular weight excluding hydrogens is 267 g/mol. The molecule has 0 amide bonds. The molecule has 3 unspecified atom stereocenters. The first-order chi connectivity index (χ1) is 9.43. The van der Waals surface area contributed by atoms with Gasteiger partial charge in [0.1, 0.15) is 11.9 Å². The minimum Gasteiger partial charge on any atom is -0.387 e. The Hall–Kier alpha value is -1.54. The SMILES string of the molecule is CCC1CCC(C#N)(C(O)c2cc(F)c(F)cc2F)C1. The maximum atomic E-state index is 13.7. The van der Waals surface area contributed by atoms with E-state index in [9.17, 15) is 23.5 Å². The first-order valence-corrected chi connectivity index (χ1v) is 6.67. The highest BCUT2D eigenvalue weighted by Crippen LogP contribution is 2.50. The van der Waals surface area contributed by atoms with Gasteiger partial charge in [0.15, 0.2) is 11.6 Å². The average molecular weight is 283 g/mol. The van der Waals surface area contributed by atoms with Crippen molar-refractivity contribution in [1.29, 1.82) is 5.26 Å². The van der Waals surface area contributed by atoms with Gasteiger partial charge in [0.2, 0.25) is 0 Å². The number of nitrogens with zero attached hydrogens (tertiary/aromatic N) is 1. The number of hydrogen-bond acceptors (Lipinski definition) is 2. The van der Waals surface area contributed by atoms with Gasteiger partial charge >= 0.3 is 0 Å². The predicted octanol–water partition coefficient (Wildman–Crippen LogP) is 3.86. The van der Waals surface area contributed by atoms with Crippen molar-refractivity contribution >= 4 is 0 Å². The van der Waals surface area contributed by atoms with Crippen molar-refractivity contribution in [2.75, 3.05) is 0 Å². The number of rotatable bonds is 3. The van der Waals surface area contributed by atoms with Crippen LogP contribution in [0.25, 0.3) is 0 Å². The Morgan fingerprint density at radius 1 is 1.35 bits per heavy atom. The quantitative estimate of drug-likeness (QED) is 0.856. The van der Waals surface area contributed by atoms with Gasteiger partial charge in [0.05, 0.1) is 11.5 Å². The minimum atomic E-state index is -1.45. The van der Waals surface area contributed by atoms with Crippen LogP contribution in [0.4, 0.5) is 13.2 Å². The summed E-state index contributed by atoms with van der Waals surface area (Å²) in [6, 6.07) is 3.12. The van der Waals surface area contributed by atoms with Gasteiger partial charge in [0.25, 0.3) is 0 Å². The lowest BCUT2D eigenvalue weighted by molar-refractivity contribution is 0.0605. The molecule has 1 saturated carbocycles. The van der Waals surface area contributed by atoms with Gasteiger partial charge in [0, 0.05) is 11.6 Å². The van der Waals surface area contributed by atoms with Crippen LogP contribution in [0.1, 0.15) is 44.3 Å². The molecule has 2 rings (SSSR count). The topological polar surface area (TPSA) is 44.0 Å². The minimum absolute atomic E-state index is 0.289. The smallest absolute Gasteiger partial charge is 0.161 e. The van der Waals surface area contributed by atoms with Gasteiger partial charge in [-0.3, -0.25) is 0 Å². The van der Waals surface area contributed by atoms with Crippen LogP contribution in [0, 0.1) is 40.1 Å². The lowest BCUT2D eigenvalue weighted by Gasteiger charge is -2.28. The van der Waals surface area contributed by atoms with Crippen LogP contribution in [0.5, 0.6) is 0 Å². The van der Waals surface area contributed by atoms with E-state index in [2.05, 4.69) is 6.07 Å². The molecule has 1 fully saturated rings. The molecule has 1 aromatic carbocycles. The van der Waals surface area contributed by atoms with Crippen LogP contribution in [0.2, 0.25) is 0 Å². The first kappa shape index (κ1) is 14.9. The normalized spacial score (nSPS) is 27.3.